The van der Waals surface area contributed by atoms with E-state index in [0.29, 0.717) is 11.9 Å². The van der Waals surface area contributed by atoms with Crippen molar-refractivity contribution in [2.24, 2.45) is 7.05 Å². The Morgan fingerprint density at radius 2 is 2.29 bits per heavy atom. The first-order valence-electron chi connectivity index (χ1n) is 7.43. The lowest BCUT2D eigenvalue weighted by Gasteiger charge is -2.39. The van der Waals surface area contributed by atoms with Gasteiger partial charge in [-0.05, 0) is 25.5 Å². The Hall–Kier alpha value is -1.95. The fourth-order valence-electron chi connectivity index (χ4n) is 2.86. The zero-order valence-electron chi connectivity index (χ0n) is 12.7. The van der Waals surface area contributed by atoms with Gasteiger partial charge >= 0.3 is 5.69 Å². The second kappa shape index (κ2) is 5.44. The zero-order valence-corrected chi connectivity index (χ0v) is 12.7. The number of pyridine rings is 1. The van der Waals surface area contributed by atoms with Crippen LogP contribution in [-0.2, 0) is 7.05 Å². The van der Waals surface area contributed by atoms with Gasteiger partial charge in [0.05, 0.1) is 5.52 Å². The van der Waals surface area contributed by atoms with Crippen molar-refractivity contribution >= 4 is 16.9 Å². The van der Waals surface area contributed by atoms with Crippen LogP contribution in [0, 0.1) is 0 Å². The van der Waals surface area contributed by atoms with Crippen molar-refractivity contribution in [2.45, 2.75) is 32.4 Å². The Kier molecular flexibility index (Phi) is 3.63. The number of nitrogens with zero attached hydrogens (tertiary/aromatic N) is 4. The molecule has 1 aliphatic heterocycles. The summed E-state index contributed by atoms with van der Waals surface area (Å²) in [6.07, 6.45) is 2.81. The first kappa shape index (κ1) is 14.0. The summed E-state index contributed by atoms with van der Waals surface area (Å²) in [5.41, 5.74) is 1.39. The van der Waals surface area contributed by atoms with Gasteiger partial charge in [-0.25, -0.2) is 4.79 Å². The van der Waals surface area contributed by atoms with Crippen molar-refractivity contribution in [3.63, 3.8) is 0 Å². The molecule has 112 valence electrons. The van der Waals surface area contributed by atoms with E-state index in [2.05, 4.69) is 34.0 Å². The smallest absolute Gasteiger partial charge is 0.349 e. The number of rotatable bonds is 2. The highest BCUT2D eigenvalue weighted by atomic mass is 16.1. The summed E-state index contributed by atoms with van der Waals surface area (Å²) in [7, 11) is 1.74. The van der Waals surface area contributed by atoms with Crippen molar-refractivity contribution in [1.29, 1.82) is 0 Å². The Balaban J connectivity index is 2.15. The van der Waals surface area contributed by atoms with E-state index >= 15 is 0 Å². The summed E-state index contributed by atoms with van der Waals surface area (Å²) in [5, 5.41) is 3.52. The van der Waals surface area contributed by atoms with E-state index in [9.17, 15) is 4.79 Å². The summed E-state index contributed by atoms with van der Waals surface area (Å²) in [6, 6.07) is 4.48. The molecule has 21 heavy (non-hydrogen) atoms. The Morgan fingerprint density at radius 3 is 3.05 bits per heavy atom. The predicted molar refractivity (Wildman–Crippen MR) is 83.7 cm³/mol. The minimum atomic E-state index is -0.232. The van der Waals surface area contributed by atoms with E-state index in [4.69, 9.17) is 0 Å². The summed E-state index contributed by atoms with van der Waals surface area (Å²) in [5.74, 6) is 0.709. The quantitative estimate of drug-likeness (QED) is 0.889. The lowest BCUT2D eigenvalue weighted by molar-refractivity contribution is 0.395. The fraction of sp³-hybridized carbons (Fsp3) is 0.533. The maximum absolute atomic E-state index is 12.1. The van der Waals surface area contributed by atoms with Crippen molar-refractivity contribution in [1.82, 2.24) is 19.9 Å². The molecule has 0 unspecified atom stereocenters. The van der Waals surface area contributed by atoms with Gasteiger partial charge in [0.1, 0.15) is 5.52 Å². The van der Waals surface area contributed by atoms with Crippen LogP contribution in [0.2, 0.25) is 0 Å². The van der Waals surface area contributed by atoms with Gasteiger partial charge in [0.25, 0.3) is 0 Å². The van der Waals surface area contributed by atoms with Crippen LogP contribution in [0.4, 0.5) is 5.82 Å². The molecular formula is C15H21N5O. The van der Waals surface area contributed by atoms with Crippen LogP contribution in [0.3, 0.4) is 0 Å². The highest BCUT2D eigenvalue weighted by Gasteiger charge is 2.27. The second-order valence-electron chi connectivity index (χ2n) is 5.66. The van der Waals surface area contributed by atoms with Gasteiger partial charge in [0, 0.05) is 38.4 Å². The van der Waals surface area contributed by atoms with Gasteiger partial charge in [-0.15, -0.1) is 0 Å². The summed E-state index contributed by atoms with van der Waals surface area (Å²) in [4.78, 5) is 23.1. The van der Waals surface area contributed by atoms with Crippen LogP contribution in [0.5, 0.6) is 0 Å². The van der Waals surface area contributed by atoms with Crippen LogP contribution in [0.15, 0.2) is 23.1 Å². The molecule has 2 aromatic heterocycles. The molecule has 6 nitrogen and oxygen atoms in total. The number of nitrogens with one attached hydrogen (secondary N) is 1. The van der Waals surface area contributed by atoms with Crippen molar-refractivity contribution < 1.29 is 0 Å². The topological polar surface area (TPSA) is 63.1 Å². The van der Waals surface area contributed by atoms with Crippen LogP contribution >= 0.6 is 0 Å². The molecule has 2 aromatic rings. The van der Waals surface area contributed by atoms with Crippen molar-refractivity contribution in [2.75, 3.05) is 18.0 Å². The third kappa shape index (κ3) is 2.40. The van der Waals surface area contributed by atoms with E-state index in [1.165, 1.54) is 0 Å². The summed E-state index contributed by atoms with van der Waals surface area (Å²) in [6.45, 7) is 6.06. The number of aromatic nitrogens is 3. The van der Waals surface area contributed by atoms with E-state index in [-0.39, 0.29) is 11.7 Å². The first-order chi connectivity index (χ1) is 10.1. The lowest BCUT2D eigenvalue weighted by atomic mass is 10.1. The number of hydrogen-bond acceptors (Lipinski definition) is 5. The molecule has 0 saturated carbocycles. The summed E-state index contributed by atoms with van der Waals surface area (Å²) >= 11 is 0. The average molecular weight is 287 g/mol. The second-order valence-corrected chi connectivity index (χ2v) is 5.66. The summed E-state index contributed by atoms with van der Waals surface area (Å²) < 4.78 is 1.55. The molecule has 2 atom stereocenters. The molecule has 3 rings (SSSR count). The molecule has 1 saturated heterocycles. The highest BCUT2D eigenvalue weighted by Crippen LogP contribution is 2.24. The van der Waals surface area contributed by atoms with Crippen LogP contribution in [0.25, 0.3) is 11.0 Å². The molecule has 1 aliphatic rings. The molecule has 1 fully saturated rings. The molecule has 6 heteroatoms. The van der Waals surface area contributed by atoms with Crippen molar-refractivity contribution in [3.8, 4) is 0 Å². The van der Waals surface area contributed by atoms with Gasteiger partial charge in [0.15, 0.2) is 5.82 Å². The number of piperazine rings is 1. The molecule has 3 heterocycles. The molecule has 0 spiro atoms. The molecule has 0 radical (unpaired) electrons. The largest absolute Gasteiger partial charge is 0.349 e. The molecule has 1 N–H and O–H groups in total. The monoisotopic (exact) mass is 287 g/mol. The number of fused-ring (bicyclic) bond motifs is 1. The fourth-order valence-corrected chi connectivity index (χ4v) is 2.86. The van der Waals surface area contributed by atoms with E-state index in [0.717, 1.165) is 30.5 Å². The maximum Gasteiger partial charge on any atom is 0.349 e. The number of aryl methyl sites for hydroxylation is 1. The van der Waals surface area contributed by atoms with Crippen LogP contribution < -0.4 is 15.9 Å². The van der Waals surface area contributed by atoms with Gasteiger partial charge in [0.2, 0.25) is 0 Å². The van der Waals surface area contributed by atoms with Crippen LogP contribution in [0.1, 0.15) is 20.3 Å². The predicted octanol–water partition coefficient (Wildman–Crippen LogP) is 0.905. The highest BCUT2D eigenvalue weighted by molar-refractivity contribution is 5.85. The lowest BCUT2D eigenvalue weighted by Crippen LogP contribution is -2.56. The van der Waals surface area contributed by atoms with Crippen LogP contribution in [-0.4, -0.2) is 39.7 Å². The standard InChI is InChI=1S/C15H21N5O/c1-4-11-9-20(10(2)8-17-11)14-13-12(6-5-7-16-13)19(3)15(21)18-14/h5-7,10-11,17H,4,8-9H2,1-3H3/t10-,11+/m0/s1. The molecule has 0 amide bonds. The SMILES string of the molecule is CC[C@@H]1CN(c2nc(=O)n(C)c3cccnc23)[C@@H](C)CN1. The van der Waals surface area contributed by atoms with Gasteiger partial charge in [-0.3, -0.25) is 9.55 Å². The van der Waals surface area contributed by atoms with E-state index < -0.39 is 0 Å². The number of anilines is 1. The normalized spacial score (nSPS) is 22.7. The minimum Gasteiger partial charge on any atom is -0.349 e. The molecule has 0 aromatic carbocycles. The number of hydrogen-bond donors (Lipinski definition) is 1. The van der Waals surface area contributed by atoms with Gasteiger partial charge in [-0.2, -0.15) is 4.98 Å². The average Bonchev–Trinajstić information content (AvgIpc) is 2.52. The van der Waals surface area contributed by atoms with E-state index in [1.807, 2.05) is 12.1 Å². The van der Waals surface area contributed by atoms with Gasteiger partial charge < -0.3 is 10.2 Å². The Morgan fingerprint density at radius 1 is 1.48 bits per heavy atom. The minimum absolute atomic E-state index is 0.232. The van der Waals surface area contributed by atoms with E-state index in [1.54, 1.807) is 17.8 Å². The third-order valence-corrected chi connectivity index (χ3v) is 4.26. The van der Waals surface area contributed by atoms with Crippen molar-refractivity contribution in [3.05, 3.63) is 28.8 Å². The molecule has 0 aliphatic carbocycles. The third-order valence-electron chi connectivity index (χ3n) is 4.26. The first-order valence-corrected chi connectivity index (χ1v) is 7.43. The maximum atomic E-state index is 12.1. The molecule has 0 bridgehead atoms. The Bertz CT molecular complexity index is 711. The molecular weight excluding hydrogens is 266 g/mol. The zero-order chi connectivity index (χ0) is 15.0. The Labute approximate surface area is 123 Å². The van der Waals surface area contributed by atoms with Gasteiger partial charge in [-0.1, -0.05) is 6.92 Å².